The van der Waals surface area contributed by atoms with E-state index in [9.17, 15) is 14.5 Å². The Morgan fingerprint density at radius 2 is 2.05 bits per heavy atom. The van der Waals surface area contributed by atoms with Crippen LogP contribution in [0.5, 0.6) is 0 Å². The first kappa shape index (κ1) is 12.5. The summed E-state index contributed by atoms with van der Waals surface area (Å²) in [6.45, 7) is 1.50. The Labute approximate surface area is 111 Å². The molecule has 1 aromatic rings. The van der Waals surface area contributed by atoms with Crippen molar-refractivity contribution in [2.45, 2.75) is 38.3 Å². The molecule has 0 heterocycles. The molecule has 2 saturated carbocycles. The maximum absolute atomic E-state index is 14.1. The van der Waals surface area contributed by atoms with Gasteiger partial charge >= 0.3 is 5.69 Å². The zero-order valence-corrected chi connectivity index (χ0v) is 10.7. The maximum atomic E-state index is 14.1. The maximum Gasteiger partial charge on any atom is 0.305 e. The van der Waals surface area contributed by atoms with Gasteiger partial charge in [0.25, 0.3) is 0 Å². The highest BCUT2D eigenvalue weighted by Crippen LogP contribution is 2.36. The van der Waals surface area contributed by atoms with Crippen LogP contribution in [-0.4, -0.2) is 22.4 Å². The fraction of sp³-hybridized carbons (Fsp3) is 0.571. The van der Waals surface area contributed by atoms with Crippen molar-refractivity contribution >= 4 is 5.69 Å². The van der Waals surface area contributed by atoms with E-state index in [0.717, 1.165) is 12.5 Å². The largest absolute Gasteiger partial charge is 0.305 e. The van der Waals surface area contributed by atoms with Gasteiger partial charge in [0, 0.05) is 30.8 Å². The van der Waals surface area contributed by atoms with Crippen molar-refractivity contribution in [3.8, 4) is 0 Å². The number of nitro benzene ring substituents is 1. The predicted octanol–water partition coefficient (Wildman–Crippen LogP) is 3.11. The highest BCUT2D eigenvalue weighted by molar-refractivity contribution is 5.36. The molecule has 2 aliphatic rings. The highest BCUT2D eigenvalue weighted by atomic mass is 19.1. The number of nitrogens with zero attached hydrogens (tertiary/aromatic N) is 2. The molecule has 3 rings (SSSR count). The fourth-order valence-electron chi connectivity index (χ4n) is 2.46. The molecular formula is C14H17FN2O2. The summed E-state index contributed by atoms with van der Waals surface area (Å²) in [5.74, 6) is 0.0799. The molecule has 5 heteroatoms. The molecule has 1 aromatic carbocycles. The van der Waals surface area contributed by atoms with Crippen LogP contribution in [0.1, 0.15) is 31.2 Å². The average Bonchev–Trinajstić information content (AvgIpc) is 3.24. The molecule has 19 heavy (non-hydrogen) atoms. The Hall–Kier alpha value is -1.49. The summed E-state index contributed by atoms with van der Waals surface area (Å²) in [7, 11) is 0. The lowest BCUT2D eigenvalue weighted by Crippen LogP contribution is -2.28. The third-order valence-electron chi connectivity index (χ3n) is 3.88. The molecule has 2 fully saturated rings. The van der Waals surface area contributed by atoms with Crippen molar-refractivity contribution < 1.29 is 9.31 Å². The van der Waals surface area contributed by atoms with Gasteiger partial charge in [0.1, 0.15) is 0 Å². The zero-order valence-electron chi connectivity index (χ0n) is 10.7. The zero-order chi connectivity index (χ0) is 13.4. The van der Waals surface area contributed by atoms with E-state index < -0.39 is 16.4 Å². The van der Waals surface area contributed by atoms with Crippen molar-refractivity contribution in [1.82, 2.24) is 4.90 Å². The third-order valence-corrected chi connectivity index (χ3v) is 3.88. The molecule has 0 radical (unpaired) electrons. The van der Waals surface area contributed by atoms with Gasteiger partial charge in [0.05, 0.1) is 4.92 Å². The first-order chi connectivity index (χ1) is 9.15. The van der Waals surface area contributed by atoms with Gasteiger partial charge in [-0.05, 0) is 31.6 Å². The van der Waals surface area contributed by atoms with Gasteiger partial charge in [-0.25, -0.2) is 0 Å². The summed E-state index contributed by atoms with van der Waals surface area (Å²) in [6, 6.07) is 5.00. The van der Waals surface area contributed by atoms with Crippen LogP contribution in [0.4, 0.5) is 10.1 Å². The van der Waals surface area contributed by atoms with Crippen LogP contribution in [0.2, 0.25) is 0 Å². The molecule has 0 amide bonds. The van der Waals surface area contributed by atoms with Gasteiger partial charge in [-0.1, -0.05) is 12.1 Å². The standard InChI is InChI=1S/C14H17FN2O2/c15-14-11(2-1-3-13(14)17(18)19)9-16(12-6-7-12)8-10-4-5-10/h1-3,10,12H,4-9H2. The Morgan fingerprint density at radius 1 is 1.32 bits per heavy atom. The lowest BCUT2D eigenvalue weighted by molar-refractivity contribution is -0.387. The minimum absolute atomic E-state index is 0.417. The summed E-state index contributed by atoms with van der Waals surface area (Å²) in [4.78, 5) is 12.4. The van der Waals surface area contributed by atoms with Gasteiger partial charge in [-0.3, -0.25) is 15.0 Å². The SMILES string of the molecule is O=[N+]([O-])c1cccc(CN(CC2CC2)C2CC2)c1F. The highest BCUT2D eigenvalue weighted by Gasteiger charge is 2.34. The van der Waals surface area contributed by atoms with Gasteiger partial charge in [0.2, 0.25) is 5.82 Å². The van der Waals surface area contributed by atoms with Crippen LogP contribution in [0.15, 0.2) is 18.2 Å². The van der Waals surface area contributed by atoms with Crippen LogP contribution in [0, 0.1) is 21.8 Å². The Kier molecular flexibility index (Phi) is 3.22. The van der Waals surface area contributed by atoms with E-state index in [4.69, 9.17) is 0 Å². The molecule has 0 unspecified atom stereocenters. The van der Waals surface area contributed by atoms with Gasteiger partial charge in [-0.15, -0.1) is 0 Å². The van der Waals surface area contributed by atoms with Crippen LogP contribution in [0.3, 0.4) is 0 Å². The predicted molar refractivity (Wildman–Crippen MR) is 69.2 cm³/mol. The number of hydrogen-bond donors (Lipinski definition) is 0. The van der Waals surface area contributed by atoms with E-state index in [0.29, 0.717) is 18.2 Å². The lowest BCUT2D eigenvalue weighted by atomic mass is 10.1. The molecule has 0 aromatic heterocycles. The molecule has 0 spiro atoms. The van der Waals surface area contributed by atoms with E-state index >= 15 is 0 Å². The quantitative estimate of drug-likeness (QED) is 0.586. The average molecular weight is 264 g/mol. The van der Waals surface area contributed by atoms with Gasteiger partial charge in [-0.2, -0.15) is 4.39 Å². The number of benzene rings is 1. The Bertz CT molecular complexity index is 498. The minimum atomic E-state index is -0.672. The number of nitro groups is 1. The van der Waals surface area contributed by atoms with E-state index in [2.05, 4.69) is 4.90 Å². The van der Waals surface area contributed by atoms with Gasteiger partial charge < -0.3 is 0 Å². The molecule has 102 valence electrons. The van der Waals surface area contributed by atoms with Crippen molar-refractivity contribution in [3.63, 3.8) is 0 Å². The van der Waals surface area contributed by atoms with Crippen LogP contribution >= 0.6 is 0 Å². The first-order valence-corrected chi connectivity index (χ1v) is 6.81. The second-order valence-electron chi connectivity index (χ2n) is 5.61. The van der Waals surface area contributed by atoms with E-state index in [1.165, 1.54) is 31.7 Å². The molecule has 0 bridgehead atoms. The number of halogens is 1. The van der Waals surface area contributed by atoms with Crippen LogP contribution in [-0.2, 0) is 6.54 Å². The van der Waals surface area contributed by atoms with Crippen LogP contribution < -0.4 is 0 Å². The molecule has 2 aliphatic carbocycles. The monoisotopic (exact) mass is 264 g/mol. The molecule has 0 saturated heterocycles. The Balaban J connectivity index is 1.76. The summed E-state index contributed by atoms with van der Waals surface area (Å²) in [5, 5.41) is 10.7. The van der Waals surface area contributed by atoms with Gasteiger partial charge in [0.15, 0.2) is 0 Å². The molecule has 0 N–H and O–H groups in total. The Morgan fingerprint density at radius 3 is 2.63 bits per heavy atom. The summed E-state index contributed by atoms with van der Waals surface area (Å²) in [6.07, 6.45) is 4.87. The summed E-state index contributed by atoms with van der Waals surface area (Å²) >= 11 is 0. The topological polar surface area (TPSA) is 46.4 Å². The van der Waals surface area contributed by atoms with Crippen molar-refractivity contribution in [2.75, 3.05) is 6.54 Å². The normalized spacial score (nSPS) is 18.8. The lowest BCUT2D eigenvalue weighted by Gasteiger charge is -2.22. The third kappa shape index (κ3) is 2.92. The van der Waals surface area contributed by atoms with Crippen molar-refractivity contribution in [1.29, 1.82) is 0 Å². The second kappa shape index (κ2) is 4.89. The second-order valence-corrected chi connectivity index (χ2v) is 5.61. The summed E-state index contributed by atoms with van der Waals surface area (Å²) < 4.78 is 14.1. The number of hydrogen-bond acceptors (Lipinski definition) is 3. The summed E-state index contributed by atoms with van der Waals surface area (Å²) in [5.41, 5.74) is 0.0291. The molecule has 0 aliphatic heterocycles. The van der Waals surface area contributed by atoms with E-state index in [1.807, 2.05) is 0 Å². The fourth-order valence-corrected chi connectivity index (χ4v) is 2.46. The minimum Gasteiger partial charge on any atom is -0.296 e. The van der Waals surface area contributed by atoms with Crippen molar-refractivity contribution in [2.24, 2.45) is 5.92 Å². The molecule has 4 nitrogen and oxygen atoms in total. The smallest absolute Gasteiger partial charge is 0.296 e. The van der Waals surface area contributed by atoms with Crippen LogP contribution in [0.25, 0.3) is 0 Å². The first-order valence-electron chi connectivity index (χ1n) is 6.81. The number of rotatable bonds is 6. The van der Waals surface area contributed by atoms with E-state index in [-0.39, 0.29) is 0 Å². The van der Waals surface area contributed by atoms with E-state index in [1.54, 1.807) is 12.1 Å². The molecular weight excluding hydrogens is 247 g/mol. The molecule has 0 atom stereocenters. The van der Waals surface area contributed by atoms with Crippen molar-refractivity contribution in [3.05, 3.63) is 39.7 Å².